The number of rotatable bonds is 6. The predicted octanol–water partition coefficient (Wildman–Crippen LogP) is 6.94. The molecular weight excluding hydrogens is 490 g/mol. The zero-order chi connectivity index (χ0) is 22.7. The Kier molecular flexibility index (Phi) is 6.50. The fraction of sp³-hybridized carbons (Fsp3) is 0.120. The number of aryl methyl sites for hydroxylation is 1. The van der Waals surface area contributed by atoms with E-state index in [2.05, 4.69) is 32.0 Å². The fourth-order valence-electron chi connectivity index (χ4n) is 3.30. The third-order valence-corrected chi connectivity index (χ3v) is 5.86. The van der Waals surface area contributed by atoms with Gasteiger partial charge in [0.25, 0.3) is 0 Å². The van der Waals surface area contributed by atoms with Crippen molar-refractivity contribution in [2.24, 2.45) is 0 Å². The number of nitrogens with one attached hydrogen (secondary N) is 1. The van der Waals surface area contributed by atoms with Crippen molar-refractivity contribution in [1.29, 1.82) is 5.26 Å². The van der Waals surface area contributed by atoms with Crippen LogP contribution in [0.3, 0.4) is 0 Å². The molecule has 0 fully saturated rings. The van der Waals surface area contributed by atoms with Gasteiger partial charge in [-0.2, -0.15) is 5.26 Å². The first-order valence-corrected chi connectivity index (χ1v) is 11.0. The van der Waals surface area contributed by atoms with Gasteiger partial charge >= 0.3 is 0 Å². The van der Waals surface area contributed by atoms with Crippen LogP contribution in [0.5, 0.6) is 11.5 Å². The molecule has 1 N–H and O–H groups in total. The van der Waals surface area contributed by atoms with Crippen LogP contribution in [0.4, 0.5) is 0 Å². The highest BCUT2D eigenvalue weighted by Crippen LogP contribution is 2.38. The standard InChI is InChI=1S/C25H19BrClN3O2/c1-15-7-8-21-22(9-15)30-25(29-21)18(13-28)10-16-11-19(26)24(23(12-16)31-2)32-14-17-5-3-4-6-20(17)27/h3-12H,14H2,1-2H3,(H,29,30)/b18-10-. The number of imidazole rings is 1. The Balaban J connectivity index is 1.65. The number of nitriles is 1. The van der Waals surface area contributed by atoms with Crippen molar-refractivity contribution in [2.45, 2.75) is 13.5 Å². The molecule has 4 aromatic rings. The maximum absolute atomic E-state index is 9.75. The summed E-state index contributed by atoms with van der Waals surface area (Å²) in [4.78, 5) is 7.77. The molecule has 0 spiro atoms. The predicted molar refractivity (Wildman–Crippen MR) is 131 cm³/mol. The molecular formula is C25H19BrClN3O2. The minimum atomic E-state index is 0.297. The summed E-state index contributed by atoms with van der Waals surface area (Å²) in [6.45, 7) is 2.31. The molecule has 0 aliphatic rings. The average Bonchev–Trinajstić information content (AvgIpc) is 3.20. The van der Waals surface area contributed by atoms with E-state index < -0.39 is 0 Å². The number of aromatic amines is 1. The second-order valence-corrected chi connectivity index (χ2v) is 8.45. The lowest BCUT2D eigenvalue weighted by Gasteiger charge is -2.14. The number of methoxy groups -OCH3 is 1. The van der Waals surface area contributed by atoms with E-state index in [1.54, 1.807) is 13.2 Å². The lowest BCUT2D eigenvalue weighted by Crippen LogP contribution is -1.99. The van der Waals surface area contributed by atoms with Gasteiger partial charge in [0.2, 0.25) is 0 Å². The number of H-pyrrole nitrogens is 1. The molecule has 0 aliphatic heterocycles. The second kappa shape index (κ2) is 9.47. The van der Waals surface area contributed by atoms with Crippen molar-refractivity contribution in [3.8, 4) is 17.6 Å². The summed E-state index contributed by atoms with van der Waals surface area (Å²) >= 11 is 9.79. The van der Waals surface area contributed by atoms with E-state index in [1.807, 2.05) is 61.5 Å². The molecule has 160 valence electrons. The fourth-order valence-corrected chi connectivity index (χ4v) is 4.06. The zero-order valence-electron chi connectivity index (χ0n) is 17.4. The van der Waals surface area contributed by atoms with Crippen LogP contribution >= 0.6 is 27.5 Å². The van der Waals surface area contributed by atoms with Crippen LogP contribution in [-0.4, -0.2) is 17.1 Å². The molecule has 1 aromatic heterocycles. The molecule has 0 bridgehead atoms. The van der Waals surface area contributed by atoms with Crippen molar-refractivity contribution >= 4 is 50.2 Å². The number of allylic oxidation sites excluding steroid dienone is 1. The van der Waals surface area contributed by atoms with E-state index in [0.717, 1.165) is 27.7 Å². The number of benzene rings is 3. The number of ether oxygens (including phenoxy) is 2. The highest BCUT2D eigenvalue weighted by molar-refractivity contribution is 9.10. The molecule has 0 radical (unpaired) electrons. The average molecular weight is 509 g/mol. The number of nitrogens with zero attached hydrogens (tertiary/aromatic N) is 2. The van der Waals surface area contributed by atoms with Crippen LogP contribution < -0.4 is 9.47 Å². The van der Waals surface area contributed by atoms with E-state index in [9.17, 15) is 5.26 Å². The van der Waals surface area contributed by atoms with Gasteiger partial charge in [0.1, 0.15) is 18.5 Å². The monoisotopic (exact) mass is 507 g/mol. The van der Waals surface area contributed by atoms with Gasteiger partial charge < -0.3 is 14.5 Å². The van der Waals surface area contributed by atoms with Gasteiger partial charge in [-0.15, -0.1) is 0 Å². The Morgan fingerprint density at radius 2 is 2.03 bits per heavy atom. The molecule has 1 heterocycles. The second-order valence-electron chi connectivity index (χ2n) is 7.19. The van der Waals surface area contributed by atoms with Crippen LogP contribution in [0, 0.1) is 18.3 Å². The van der Waals surface area contributed by atoms with Crippen LogP contribution in [0.1, 0.15) is 22.5 Å². The van der Waals surface area contributed by atoms with Gasteiger partial charge in [0.05, 0.1) is 28.2 Å². The van der Waals surface area contributed by atoms with Crippen molar-refractivity contribution in [2.75, 3.05) is 7.11 Å². The number of hydrogen-bond donors (Lipinski definition) is 1. The van der Waals surface area contributed by atoms with E-state index >= 15 is 0 Å². The summed E-state index contributed by atoms with van der Waals surface area (Å²) in [5.74, 6) is 1.61. The molecule has 0 unspecified atom stereocenters. The summed E-state index contributed by atoms with van der Waals surface area (Å²) in [6.07, 6.45) is 1.76. The Hall–Kier alpha value is -3.27. The van der Waals surface area contributed by atoms with Gasteiger partial charge in [-0.25, -0.2) is 4.98 Å². The van der Waals surface area contributed by atoms with Crippen molar-refractivity contribution < 1.29 is 9.47 Å². The molecule has 32 heavy (non-hydrogen) atoms. The number of hydrogen-bond acceptors (Lipinski definition) is 4. The smallest absolute Gasteiger partial charge is 0.175 e. The first-order chi connectivity index (χ1) is 15.5. The van der Waals surface area contributed by atoms with Crippen molar-refractivity contribution in [3.05, 3.63) is 86.6 Å². The molecule has 7 heteroatoms. The maximum Gasteiger partial charge on any atom is 0.175 e. The first kappa shape index (κ1) is 21.9. The summed E-state index contributed by atoms with van der Waals surface area (Å²) < 4.78 is 12.2. The number of fused-ring (bicyclic) bond motifs is 1. The minimum Gasteiger partial charge on any atom is -0.493 e. The maximum atomic E-state index is 9.75. The SMILES string of the molecule is COc1cc(/C=C(/C#N)c2nc3ccc(C)cc3[nH]2)cc(Br)c1OCc1ccccc1Cl. The summed E-state index contributed by atoms with van der Waals surface area (Å²) in [6, 6.07) is 19.4. The van der Waals surface area contributed by atoms with Crippen LogP contribution in [-0.2, 0) is 6.61 Å². The highest BCUT2D eigenvalue weighted by Gasteiger charge is 2.14. The van der Waals surface area contributed by atoms with Gasteiger partial charge in [-0.05, 0) is 70.4 Å². The third-order valence-electron chi connectivity index (χ3n) is 4.91. The molecule has 4 rings (SSSR count). The third kappa shape index (κ3) is 4.64. The molecule has 5 nitrogen and oxygen atoms in total. The van der Waals surface area contributed by atoms with E-state index in [0.29, 0.717) is 39.0 Å². The summed E-state index contributed by atoms with van der Waals surface area (Å²) in [5.41, 5.74) is 4.89. The van der Waals surface area contributed by atoms with Crippen LogP contribution in [0.2, 0.25) is 5.02 Å². The van der Waals surface area contributed by atoms with Gasteiger partial charge in [-0.3, -0.25) is 0 Å². The summed E-state index contributed by atoms with van der Waals surface area (Å²) in [7, 11) is 1.57. The van der Waals surface area contributed by atoms with E-state index in [1.165, 1.54) is 0 Å². The largest absolute Gasteiger partial charge is 0.493 e. The Morgan fingerprint density at radius 1 is 1.22 bits per heavy atom. The Morgan fingerprint density at radius 3 is 2.78 bits per heavy atom. The van der Waals surface area contributed by atoms with Gasteiger partial charge in [0.15, 0.2) is 11.5 Å². The zero-order valence-corrected chi connectivity index (χ0v) is 19.8. The lowest BCUT2D eigenvalue weighted by molar-refractivity contribution is 0.282. The lowest BCUT2D eigenvalue weighted by atomic mass is 10.1. The van der Waals surface area contributed by atoms with Gasteiger partial charge in [0, 0.05) is 10.6 Å². The van der Waals surface area contributed by atoms with Gasteiger partial charge in [-0.1, -0.05) is 35.9 Å². The molecule has 0 amide bonds. The van der Waals surface area contributed by atoms with Crippen molar-refractivity contribution in [3.63, 3.8) is 0 Å². The van der Waals surface area contributed by atoms with Crippen LogP contribution in [0.25, 0.3) is 22.7 Å². The summed E-state index contributed by atoms with van der Waals surface area (Å²) in [5, 5.41) is 10.4. The first-order valence-electron chi connectivity index (χ1n) is 9.80. The van der Waals surface area contributed by atoms with Crippen molar-refractivity contribution in [1.82, 2.24) is 9.97 Å². The van der Waals surface area contributed by atoms with Crippen LogP contribution in [0.15, 0.2) is 59.1 Å². The molecule has 0 saturated carbocycles. The minimum absolute atomic E-state index is 0.297. The van der Waals surface area contributed by atoms with E-state index in [-0.39, 0.29) is 0 Å². The molecule has 0 aliphatic carbocycles. The highest BCUT2D eigenvalue weighted by atomic mass is 79.9. The number of aromatic nitrogens is 2. The Bertz CT molecular complexity index is 1370. The molecule has 0 saturated heterocycles. The Labute approximate surface area is 199 Å². The normalized spacial score (nSPS) is 11.4. The molecule has 0 atom stereocenters. The molecule has 3 aromatic carbocycles. The topological polar surface area (TPSA) is 70.9 Å². The quantitative estimate of drug-likeness (QED) is 0.286. The van der Waals surface area contributed by atoms with E-state index in [4.69, 9.17) is 21.1 Å². The number of halogens is 2.